The fourth-order valence-corrected chi connectivity index (χ4v) is 2.22. The minimum atomic E-state index is 0.215. The van der Waals surface area contributed by atoms with Gasteiger partial charge in [-0.3, -0.25) is 0 Å². The van der Waals surface area contributed by atoms with E-state index < -0.39 is 0 Å². The van der Waals surface area contributed by atoms with Crippen LogP contribution in [0.25, 0.3) is 5.65 Å². The van der Waals surface area contributed by atoms with Crippen LogP contribution < -0.4 is 5.32 Å². The lowest BCUT2D eigenvalue weighted by molar-refractivity contribution is 0.0758. The zero-order chi connectivity index (χ0) is 11.0. The SMILES string of the molecule is Brc1ccn2cc(C3COCCN3)nc2c1. The average molecular weight is 282 g/mol. The molecule has 1 unspecified atom stereocenters. The second-order valence-electron chi connectivity index (χ2n) is 3.86. The van der Waals surface area contributed by atoms with Gasteiger partial charge in [0.05, 0.1) is 24.9 Å². The number of aromatic nitrogens is 2. The number of hydrogen-bond acceptors (Lipinski definition) is 3. The van der Waals surface area contributed by atoms with Crippen molar-refractivity contribution in [2.45, 2.75) is 6.04 Å². The van der Waals surface area contributed by atoms with Crippen LogP contribution in [0.15, 0.2) is 29.0 Å². The standard InChI is InChI=1S/C11H12BrN3O/c12-8-1-3-15-6-9(14-11(15)5-8)10-7-16-4-2-13-10/h1,3,5-6,10,13H,2,4,7H2. The van der Waals surface area contributed by atoms with E-state index in [1.807, 2.05) is 28.9 Å². The number of rotatable bonds is 1. The molecule has 1 saturated heterocycles. The molecule has 0 saturated carbocycles. The molecular weight excluding hydrogens is 270 g/mol. The molecule has 84 valence electrons. The van der Waals surface area contributed by atoms with Crippen LogP contribution in [0.4, 0.5) is 0 Å². The molecule has 5 heteroatoms. The Labute approximate surface area is 102 Å². The van der Waals surface area contributed by atoms with E-state index in [4.69, 9.17) is 4.74 Å². The molecule has 4 nitrogen and oxygen atoms in total. The van der Waals surface area contributed by atoms with Crippen molar-refractivity contribution >= 4 is 21.6 Å². The number of nitrogens with one attached hydrogen (secondary N) is 1. The quantitative estimate of drug-likeness (QED) is 0.866. The van der Waals surface area contributed by atoms with Crippen molar-refractivity contribution in [3.63, 3.8) is 0 Å². The number of halogens is 1. The summed E-state index contributed by atoms with van der Waals surface area (Å²) in [5.74, 6) is 0. The highest BCUT2D eigenvalue weighted by atomic mass is 79.9. The maximum atomic E-state index is 5.44. The fourth-order valence-electron chi connectivity index (χ4n) is 1.90. The van der Waals surface area contributed by atoms with E-state index in [-0.39, 0.29) is 6.04 Å². The van der Waals surface area contributed by atoms with Gasteiger partial charge in [0.1, 0.15) is 5.65 Å². The Kier molecular flexibility index (Phi) is 2.67. The predicted molar refractivity (Wildman–Crippen MR) is 64.5 cm³/mol. The molecule has 1 aliphatic rings. The molecule has 1 N–H and O–H groups in total. The van der Waals surface area contributed by atoms with Crippen molar-refractivity contribution in [3.05, 3.63) is 34.7 Å². The van der Waals surface area contributed by atoms with E-state index in [9.17, 15) is 0 Å². The maximum absolute atomic E-state index is 5.44. The van der Waals surface area contributed by atoms with Crippen LogP contribution >= 0.6 is 15.9 Å². The summed E-state index contributed by atoms with van der Waals surface area (Å²) in [6.07, 6.45) is 4.05. The molecule has 3 heterocycles. The topological polar surface area (TPSA) is 38.6 Å². The van der Waals surface area contributed by atoms with Crippen LogP contribution in [0.1, 0.15) is 11.7 Å². The third-order valence-corrected chi connectivity index (χ3v) is 3.21. The van der Waals surface area contributed by atoms with Crippen molar-refractivity contribution in [2.75, 3.05) is 19.8 Å². The average Bonchev–Trinajstić information content (AvgIpc) is 2.73. The Balaban J connectivity index is 1.97. The van der Waals surface area contributed by atoms with Gasteiger partial charge in [-0.25, -0.2) is 4.98 Å². The van der Waals surface area contributed by atoms with Gasteiger partial charge in [0, 0.05) is 23.4 Å². The summed E-state index contributed by atoms with van der Waals surface area (Å²) in [6, 6.07) is 4.23. The van der Waals surface area contributed by atoms with E-state index in [2.05, 4.69) is 26.2 Å². The molecule has 0 amide bonds. The van der Waals surface area contributed by atoms with Gasteiger partial charge < -0.3 is 14.5 Å². The van der Waals surface area contributed by atoms with Crippen LogP contribution in [0.3, 0.4) is 0 Å². The van der Waals surface area contributed by atoms with Crippen molar-refractivity contribution in [2.24, 2.45) is 0 Å². The summed E-state index contributed by atoms with van der Waals surface area (Å²) in [5, 5.41) is 3.40. The first-order chi connectivity index (χ1) is 7.83. The van der Waals surface area contributed by atoms with E-state index in [1.165, 1.54) is 0 Å². The van der Waals surface area contributed by atoms with Crippen LogP contribution in [0, 0.1) is 0 Å². The summed E-state index contributed by atoms with van der Waals surface area (Å²) >= 11 is 3.44. The second-order valence-corrected chi connectivity index (χ2v) is 4.77. The maximum Gasteiger partial charge on any atom is 0.138 e. The molecular formula is C11H12BrN3O. The lowest BCUT2D eigenvalue weighted by Crippen LogP contribution is -2.34. The second kappa shape index (κ2) is 4.16. The van der Waals surface area contributed by atoms with Crippen LogP contribution in [-0.2, 0) is 4.74 Å². The van der Waals surface area contributed by atoms with Gasteiger partial charge in [0.15, 0.2) is 0 Å². The highest BCUT2D eigenvalue weighted by molar-refractivity contribution is 9.10. The van der Waals surface area contributed by atoms with Gasteiger partial charge in [-0.15, -0.1) is 0 Å². The Bertz CT molecular complexity index is 505. The number of morpholine rings is 1. The van der Waals surface area contributed by atoms with Crippen molar-refractivity contribution in [3.8, 4) is 0 Å². The first-order valence-electron chi connectivity index (χ1n) is 5.28. The van der Waals surface area contributed by atoms with Gasteiger partial charge in [0.2, 0.25) is 0 Å². The van der Waals surface area contributed by atoms with Gasteiger partial charge in [-0.1, -0.05) is 15.9 Å². The van der Waals surface area contributed by atoms with Crippen LogP contribution in [0.5, 0.6) is 0 Å². The smallest absolute Gasteiger partial charge is 0.138 e. The Morgan fingerprint density at radius 2 is 2.50 bits per heavy atom. The van der Waals surface area contributed by atoms with Crippen LogP contribution in [-0.4, -0.2) is 29.1 Å². The lowest BCUT2D eigenvalue weighted by atomic mass is 10.2. The van der Waals surface area contributed by atoms with Gasteiger partial charge in [-0.2, -0.15) is 0 Å². The van der Waals surface area contributed by atoms with Gasteiger partial charge >= 0.3 is 0 Å². The number of nitrogens with zero attached hydrogens (tertiary/aromatic N) is 2. The molecule has 0 radical (unpaired) electrons. The Hall–Kier alpha value is -0.910. The van der Waals surface area contributed by atoms with E-state index in [0.717, 1.165) is 29.0 Å². The Morgan fingerprint density at radius 3 is 3.31 bits per heavy atom. The zero-order valence-corrected chi connectivity index (χ0v) is 10.3. The van der Waals surface area contributed by atoms with E-state index >= 15 is 0 Å². The van der Waals surface area contributed by atoms with Gasteiger partial charge in [0.25, 0.3) is 0 Å². The van der Waals surface area contributed by atoms with Crippen molar-refractivity contribution in [1.82, 2.24) is 14.7 Å². The van der Waals surface area contributed by atoms with Crippen LogP contribution in [0.2, 0.25) is 0 Å². The Morgan fingerprint density at radius 1 is 1.56 bits per heavy atom. The number of ether oxygens (including phenoxy) is 1. The summed E-state index contributed by atoms with van der Waals surface area (Å²) in [6.45, 7) is 2.38. The molecule has 0 aromatic carbocycles. The largest absolute Gasteiger partial charge is 0.378 e. The fraction of sp³-hybridized carbons (Fsp3) is 0.364. The normalized spacial score (nSPS) is 21.4. The molecule has 3 rings (SSSR count). The summed E-state index contributed by atoms with van der Waals surface area (Å²) in [5.41, 5.74) is 1.99. The summed E-state index contributed by atoms with van der Waals surface area (Å²) < 4.78 is 8.51. The molecule has 16 heavy (non-hydrogen) atoms. The van der Waals surface area contributed by atoms with E-state index in [1.54, 1.807) is 0 Å². The number of fused-ring (bicyclic) bond motifs is 1. The number of hydrogen-bond donors (Lipinski definition) is 1. The highest BCUT2D eigenvalue weighted by Crippen LogP contribution is 2.18. The third-order valence-electron chi connectivity index (χ3n) is 2.72. The minimum absolute atomic E-state index is 0.215. The van der Waals surface area contributed by atoms with Gasteiger partial charge in [-0.05, 0) is 12.1 Å². The van der Waals surface area contributed by atoms with Crippen molar-refractivity contribution < 1.29 is 4.74 Å². The minimum Gasteiger partial charge on any atom is -0.378 e. The first kappa shape index (κ1) is 10.3. The predicted octanol–water partition coefficient (Wildman–Crippen LogP) is 1.76. The van der Waals surface area contributed by atoms with E-state index in [0.29, 0.717) is 6.61 Å². The number of imidazole rings is 1. The molecule has 0 aliphatic carbocycles. The molecule has 1 fully saturated rings. The first-order valence-corrected chi connectivity index (χ1v) is 6.07. The molecule has 0 bridgehead atoms. The molecule has 2 aromatic heterocycles. The van der Waals surface area contributed by atoms with Crippen molar-refractivity contribution in [1.29, 1.82) is 0 Å². The highest BCUT2D eigenvalue weighted by Gasteiger charge is 2.17. The monoisotopic (exact) mass is 281 g/mol. The molecule has 2 aromatic rings. The third kappa shape index (κ3) is 1.86. The lowest BCUT2D eigenvalue weighted by Gasteiger charge is -2.21. The zero-order valence-electron chi connectivity index (χ0n) is 8.69. The summed E-state index contributed by atoms with van der Waals surface area (Å²) in [7, 11) is 0. The summed E-state index contributed by atoms with van der Waals surface area (Å²) in [4.78, 5) is 4.59. The molecule has 1 atom stereocenters. The molecule has 1 aliphatic heterocycles. The number of pyridine rings is 1. The molecule has 0 spiro atoms.